The van der Waals surface area contributed by atoms with Crippen LogP contribution in [-0.4, -0.2) is 24.8 Å². The van der Waals surface area contributed by atoms with Gasteiger partial charge < -0.3 is 5.73 Å². The van der Waals surface area contributed by atoms with Gasteiger partial charge in [0.05, 0.1) is 5.02 Å². The summed E-state index contributed by atoms with van der Waals surface area (Å²) < 4.78 is 38.7. The fourth-order valence-electron chi connectivity index (χ4n) is 1.68. The van der Waals surface area contributed by atoms with Gasteiger partial charge in [-0.1, -0.05) is 23.7 Å². The summed E-state index contributed by atoms with van der Waals surface area (Å²) in [5.41, 5.74) is 6.12. The molecule has 0 bridgehead atoms. The molecule has 2 rings (SSSR count). The van der Waals surface area contributed by atoms with Crippen LogP contribution in [0.15, 0.2) is 41.4 Å². The highest BCUT2D eigenvalue weighted by molar-refractivity contribution is 7.89. The Hall–Kier alpha value is -1.70. The highest BCUT2D eigenvalue weighted by Gasteiger charge is 2.22. The van der Waals surface area contributed by atoms with Crippen LogP contribution < -0.4 is 5.73 Å². The minimum absolute atomic E-state index is 0.0497. The van der Waals surface area contributed by atoms with Crippen molar-refractivity contribution in [2.24, 2.45) is 0 Å². The first-order valence-electron chi connectivity index (χ1n) is 5.92. The smallest absolute Gasteiger partial charge is 0.244 e. The maximum absolute atomic E-state index is 12.8. The van der Waals surface area contributed by atoms with E-state index < -0.39 is 10.0 Å². The largest absolute Gasteiger partial charge is 0.382 e. The van der Waals surface area contributed by atoms with Crippen molar-refractivity contribution in [3.8, 4) is 0 Å². The first-order chi connectivity index (χ1) is 9.80. The minimum Gasteiger partial charge on any atom is -0.382 e. The molecule has 2 aromatic rings. The Kier molecular flexibility index (Phi) is 4.46. The van der Waals surface area contributed by atoms with Crippen LogP contribution in [0.1, 0.15) is 5.56 Å². The van der Waals surface area contributed by atoms with Gasteiger partial charge in [0.2, 0.25) is 10.0 Å². The van der Waals surface area contributed by atoms with Gasteiger partial charge in [-0.05, 0) is 23.8 Å². The second-order valence-electron chi connectivity index (χ2n) is 4.43. The van der Waals surface area contributed by atoms with E-state index in [1.807, 2.05) is 0 Å². The number of hydrogen-bond acceptors (Lipinski definition) is 4. The van der Waals surface area contributed by atoms with E-state index >= 15 is 0 Å². The normalized spacial score (nSPS) is 11.8. The zero-order chi connectivity index (χ0) is 15.6. The lowest BCUT2D eigenvalue weighted by atomic mass is 10.2. The van der Waals surface area contributed by atoms with Crippen LogP contribution in [0.25, 0.3) is 0 Å². The van der Waals surface area contributed by atoms with E-state index in [1.165, 1.54) is 37.4 Å². The number of pyridine rings is 1. The quantitative estimate of drug-likeness (QED) is 0.933. The number of anilines is 1. The Labute approximate surface area is 127 Å². The molecule has 1 aromatic heterocycles. The Balaban J connectivity index is 2.25. The number of nitrogen functional groups attached to an aromatic ring is 1. The van der Waals surface area contributed by atoms with E-state index in [4.69, 9.17) is 17.3 Å². The number of sulfonamides is 1. The lowest BCUT2D eigenvalue weighted by Crippen LogP contribution is -2.26. The van der Waals surface area contributed by atoms with Gasteiger partial charge in [-0.2, -0.15) is 4.31 Å². The molecule has 0 aliphatic rings. The fraction of sp³-hybridized carbons (Fsp3) is 0.154. The standard InChI is InChI=1S/C13H13ClFN3O2S/c1-18(8-9-2-4-10(15)5-3-9)21(19,20)11-6-12(14)13(16)17-7-11/h2-7H,8H2,1H3,(H2,16,17). The number of nitrogens with two attached hydrogens (primary N) is 1. The van der Waals surface area contributed by atoms with Gasteiger partial charge in [0.15, 0.2) is 0 Å². The van der Waals surface area contributed by atoms with Crippen LogP contribution in [0, 0.1) is 5.82 Å². The van der Waals surface area contributed by atoms with E-state index in [1.54, 1.807) is 0 Å². The number of nitrogens with zero attached hydrogens (tertiary/aromatic N) is 2. The molecule has 112 valence electrons. The van der Waals surface area contributed by atoms with E-state index in [9.17, 15) is 12.8 Å². The van der Waals surface area contributed by atoms with Crippen LogP contribution >= 0.6 is 11.6 Å². The molecule has 8 heteroatoms. The summed E-state index contributed by atoms with van der Waals surface area (Å²) in [5, 5.41) is 0.0752. The zero-order valence-corrected chi connectivity index (χ0v) is 12.7. The maximum atomic E-state index is 12.8. The molecule has 0 fully saturated rings. The first-order valence-corrected chi connectivity index (χ1v) is 7.74. The van der Waals surface area contributed by atoms with E-state index in [0.29, 0.717) is 5.56 Å². The first kappa shape index (κ1) is 15.7. The van der Waals surface area contributed by atoms with Crippen LogP contribution in [0.4, 0.5) is 10.2 Å². The molecular formula is C13H13ClFN3O2S. The molecule has 0 aliphatic heterocycles. The molecule has 0 amide bonds. The Morgan fingerprint density at radius 1 is 1.33 bits per heavy atom. The number of benzene rings is 1. The predicted octanol–water partition coefficient (Wildman–Crippen LogP) is 2.28. The van der Waals surface area contributed by atoms with Crippen molar-refractivity contribution >= 4 is 27.4 Å². The molecule has 1 heterocycles. The summed E-state index contributed by atoms with van der Waals surface area (Å²) in [4.78, 5) is 3.69. The number of halogens is 2. The molecule has 0 aliphatic carbocycles. The van der Waals surface area contributed by atoms with Gasteiger partial charge in [-0.3, -0.25) is 0 Å². The van der Waals surface area contributed by atoms with E-state index in [2.05, 4.69) is 4.98 Å². The van der Waals surface area contributed by atoms with Crippen molar-refractivity contribution in [3.05, 3.63) is 52.9 Å². The van der Waals surface area contributed by atoms with Gasteiger partial charge in [0.25, 0.3) is 0 Å². The average molecular weight is 330 g/mol. The zero-order valence-electron chi connectivity index (χ0n) is 11.1. The second kappa shape index (κ2) is 5.97. The van der Waals surface area contributed by atoms with Crippen LogP contribution in [0.3, 0.4) is 0 Å². The molecule has 0 unspecified atom stereocenters. The van der Waals surface area contributed by atoms with Crippen LogP contribution in [-0.2, 0) is 16.6 Å². The third-order valence-electron chi connectivity index (χ3n) is 2.87. The van der Waals surface area contributed by atoms with Crippen molar-refractivity contribution in [3.63, 3.8) is 0 Å². The molecule has 21 heavy (non-hydrogen) atoms. The number of aromatic nitrogens is 1. The lowest BCUT2D eigenvalue weighted by molar-refractivity contribution is 0.466. The molecule has 0 saturated carbocycles. The number of rotatable bonds is 4. The van der Waals surface area contributed by atoms with Gasteiger partial charge in [0.1, 0.15) is 16.5 Å². The van der Waals surface area contributed by atoms with Crippen molar-refractivity contribution < 1.29 is 12.8 Å². The summed E-state index contributed by atoms with van der Waals surface area (Å²) in [7, 11) is -2.33. The SMILES string of the molecule is CN(Cc1ccc(F)cc1)S(=O)(=O)c1cnc(N)c(Cl)c1. The van der Waals surface area contributed by atoms with Crippen molar-refractivity contribution in [1.29, 1.82) is 0 Å². The Bertz CT molecular complexity index is 751. The maximum Gasteiger partial charge on any atom is 0.244 e. The molecular weight excluding hydrogens is 317 g/mol. The van der Waals surface area contributed by atoms with Gasteiger partial charge >= 0.3 is 0 Å². The molecule has 1 aromatic carbocycles. The Morgan fingerprint density at radius 3 is 2.52 bits per heavy atom. The summed E-state index contributed by atoms with van der Waals surface area (Å²) in [6, 6.07) is 6.85. The third kappa shape index (κ3) is 3.49. The van der Waals surface area contributed by atoms with E-state index in [-0.39, 0.29) is 28.1 Å². The molecule has 5 nitrogen and oxygen atoms in total. The summed E-state index contributed by atoms with van der Waals surface area (Å²) in [5.74, 6) is -0.310. The third-order valence-corrected chi connectivity index (χ3v) is 4.94. The summed E-state index contributed by atoms with van der Waals surface area (Å²) >= 11 is 5.79. The minimum atomic E-state index is -3.75. The Morgan fingerprint density at radius 2 is 1.95 bits per heavy atom. The highest BCUT2D eigenvalue weighted by Crippen LogP contribution is 2.22. The predicted molar refractivity (Wildman–Crippen MR) is 78.7 cm³/mol. The molecule has 0 saturated heterocycles. The van der Waals surface area contributed by atoms with Gasteiger partial charge in [-0.15, -0.1) is 0 Å². The number of hydrogen-bond donors (Lipinski definition) is 1. The summed E-state index contributed by atoms with van der Waals surface area (Å²) in [6.07, 6.45) is 1.15. The van der Waals surface area contributed by atoms with Gasteiger partial charge in [-0.25, -0.2) is 17.8 Å². The molecule has 2 N–H and O–H groups in total. The average Bonchev–Trinajstić information content (AvgIpc) is 2.44. The lowest BCUT2D eigenvalue weighted by Gasteiger charge is -2.17. The molecule has 0 radical (unpaired) electrons. The topological polar surface area (TPSA) is 76.3 Å². The fourth-order valence-corrected chi connectivity index (χ4v) is 3.05. The van der Waals surface area contributed by atoms with Crippen LogP contribution in [0.5, 0.6) is 0 Å². The monoisotopic (exact) mass is 329 g/mol. The summed E-state index contributed by atoms with van der Waals surface area (Å²) in [6.45, 7) is 0.102. The molecule has 0 atom stereocenters. The second-order valence-corrected chi connectivity index (χ2v) is 6.88. The van der Waals surface area contributed by atoms with Crippen molar-refractivity contribution in [2.45, 2.75) is 11.4 Å². The van der Waals surface area contributed by atoms with Crippen LogP contribution in [0.2, 0.25) is 5.02 Å². The van der Waals surface area contributed by atoms with Crippen molar-refractivity contribution in [1.82, 2.24) is 9.29 Å². The molecule has 0 spiro atoms. The van der Waals surface area contributed by atoms with Crippen molar-refractivity contribution in [2.75, 3.05) is 12.8 Å². The highest BCUT2D eigenvalue weighted by atomic mass is 35.5. The van der Waals surface area contributed by atoms with Gasteiger partial charge in [0, 0.05) is 19.8 Å². The van der Waals surface area contributed by atoms with E-state index in [0.717, 1.165) is 10.5 Å².